The maximum Gasteiger partial charge on any atom is 0.174 e. The molecule has 0 amide bonds. The minimum absolute atomic E-state index is 0.652. The van der Waals surface area contributed by atoms with Gasteiger partial charge in [0.05, 0.1) is 19.9 Å². The third kappa shape index (κ3) is 6.22. The molecule has 0 aromatic heterocycles. The minimum atomic E-state index is 0.652. The van der Waals surface area contributed by atoms with E-state index in [0.29, 0.717) is 18.2 Å². The van der Waals surface area contributed by atoms with Gasteiger partial charge in [-0.15, -0.1) is 0 Å². The molecule has 3 aromatic carbocycles. The number of rotatable bonds is 8. The highest BCUT2D eigenvalue weighted by molar-refractivity contribution is 7.80. The molecule has 0 aliphatic heterocycles. The summed E-state index contributed by atoms with van der Waals surface area (Å²) in [4.78, 5) is 2.17. The molecule has 4 nitrogen and oxygen atoms in total. The van der Waals surface area contributed by atoms with Gasteiger partial charge >= 0.3 is 0 Å². The first kappa shape index (κ1) is 22.6. The summed E-state index contributed by atoms with van der Waals surface area (Å²) in [5.41, 5.74) is 5.71. The lowest BCUT2D eigenvalue weighted by Crippen LogP contribution is -2.34. The molecule has 3 aromatic rings. The van der Waals surface area contributed by atoms with Crippen molar-refractivity contribution in [2.75, 3.05) is 19.5 Å². The lowest BCUT2D eigenvalue weighted by atomic mass is 10.1. The van der Waals surface area contributed by atoms with Gasteiger partial charge in [-0.1, -0.05) is 49.4 Å². The van der Waals surface area contributed by atoms with Gasteiger partial charge in [0.25, 0.3) is 0 Å². The number of ether oxygens (including phenoxy) is 2. The van der Waals surface area contributed by atoms with Gasteiger partial charge < -0.3 is 19.7 Å². The van der Waals surface area contributed by atoms with Gasteiger partial charge in [-0.2, -0.15) is 0 Å². The number of benzene rings is 3. The molecule has 0 fully saturated rings. The summed E-state index contributed by atoms with van der Waals surface area (Å²) in [6.07, 6.45) is 1.03. The molecule has 0 saturated carbocycles. The van der Waals surface area contributed by atoms with E-state index in [0.717, 1.165) is 34.7 Å². The largest absolute Gasteiger partial charge is 0.497 e. The second-order valence-corrected chi connectivity index (χ2v) is 7.89. The van der Waals surface area contributed by atoms with Crippen molar-refractivity contribution in [2.24, 2.45) is 0 Å². The molecule has 5 heteroatoms. The van der Waals surface area contributed by atoms with Crippen LogP contribution >= 0.6 is 12.2 Å². The molecule has 3 rings (SSSR count). The Bertz CT molecular complexity index is 951. The van der Waals surface area contributed by atoms with Crippen molar-refractivity contribution >= 4 is 23.0 Å². The van der Waals surface area contributed by atoms with E-state index in [1.165, 1.54) is 11.1 Å². The molecule has 0 bridgehead atoms. The topological polar surface area (TPSA) is 33.7 Å². The Morgan fingerprint density at radius 1 is 0.839 bits per heavy atom. The predicted octanol–water partition coefficient (Wildman–Crippen LogP) is 5.97. The molecule has 0 unspecified atom stereocenters. The van der Waals surface area contributed by atoms with Crippen LogP contribution in [-0.2, 0) is 19.5 Å². The van der Waals surface area contributed by atoms with Crippen molar-refractivity contribution < 1.29 is 9.47 Å². The average Bonchev–Trinajstić information content (AvgIpc) is 2.79. The van der Waals surface area contributed by atoms with Crippen molar-refractivity contribution in [3.63, 3.8) is 0 Å². The van der Waals surface area contributed by atoms with Gasteiger partial charge in [0.1, 0.15) is 11.5 Å². The number of hydrogen-bond acceptors (Lipinski definition) is 3. The molecule has 0 aliphatic rings. The molecule has 162 valence electrons. The molecular weight excluding hydrogens is 404 g/mol. The van der Waals surface area contributed by atoms with Crippen molar-refractivity contribution in [3.05, 3.63) is 89.0 Å². The number of hydrogen-bond donors (Lipinski definition) is 1. The zero-order valence-corrected chi connectivity index (χ0v) is 19.5. The van der Waals surface area contributed by atoms with E-state index in [4.69, 9.17) is 21.7 Å². The van der Waals surface area contributed by atoms with Crippen molar-refractivity contribution in [1.82, 2.24) is 4.90 Å². The SMILES string of the molecule is CCc1ccc(CN(Cc2ccc(OC)cc2)C(=S)Nc2cc(C)ccc2OC)cc1. The van der Waals surface area contributed by atoms with Gasteiger partial charge in [-0.3, -0.25) is 0 Å². The average molecular weight is 435 g/mol. The van der Waals surface area contributed by atoms with E-state index in [2.05, 4.69) is 60.5 Å². The molecule has 1 N–H and O–H groups in total. The molecule has 0 spiro atoms. The van der Waals surface area contributed by atoms with Crippen LogP contribution in [0.2, 0.25) is 0 Å². The Morgan fingerprint density at radius 2 is 1.42 bits per heavy atom. The highest BCUT2D eigenvalue weighted by atomic mass is 32.1. The summed E-state index contributed by atoms with van der Waals surface area (Å²) < 4.78 is 10.8. The van der Waals surface area contributed by atoms with E-state index in [1.807, 2.05) is 30.3 Å². The highest BCUT2D eigenvalue weighted by Crippen LogP contribution is 2.26. The second kappa shape index (κ2) is 10.8. The van der Waals surface area contributed by atoms with Crippen molar-refractivity contribution in [1.29, 1.82) is 0 Å². The maximum atomic E-state index is 5.84. The van der Waals surface area contributed by atoms with Crippen LogP contribution in [0.25, 0.3) is 0 Å². The van der Waals surface area contributed by atoms with Gasteiger partial charge in [0.15, 0.2) is 5.11 Å². The van der Waals surface area contributed by atoms with Crippen molar-refractivity contribution in [3.8, 4) is 11.5 Å². The Balaban J connectivity index is 1.84. The van der Waals surface area contributed by atoms with Crippen LogP contribution in [0.3, 0.4) is 0 Å². The molecule has 0 atom stereocenters. The Hall–Kier alpha value is -3.05. The minimum Gasteiger partial charge on any atom is -0.497 e. The number of thiocarbonyl (C=S) groups is 1. The van der Waals surface area contributed by atoms with E-state index in [-0.39, 0.29) is 0 Å². The zero-order chi connectivity index (χ0) is 22.2. The number of nitrogens with zero attached hydrogens (tertiary/aromatic N) is 1. The normalized spacial score (nSPS) is 10.5. The van der Waals surface area contributed by atoms with E-state index in [9.17, 15) is 0 Å². The third-order valence-electron chi connectivity index (χ3n) is 5.22. The Kier molecular flexibility index (Phi) is 7.90. The lowest BCUT2D eigenvalue weighted by molar-refractivity contribution is 0.405. The summed E-state index contributed by atoms with van der Waals surface area (Å²) >= 11 is 5.84. The van der Waals surface area contributed by atoms with Crippen LogP contribution < -0.4 is 14.8 Å². The van der Waals surface area contributed by atoms with Crippen LogP contribution in [0.4, 0.5) is 5.69 Å². The van der Waals surface area contributed by atoms with Gasteiger partial charge in [-0.25, -0.2) is 0 Å². The summed E-state index contributed by atoms with van der Waals surface area (Å²) in [6, 6.07) is 22.8. The molecule has 0 aliphatic carbocycles. The standard InChI is InChI=1S/C26H30N2O2S/c1-5-20-7-9-21(10-8-20)17-28(18-22-11-13-23(29-3)14-12-22)26(31)27-24-16-19(2)6-15-25(24)30-4/h6-16H,5,17-18H2,1-4H3,(H,27,31). The van der Waals surface area contributed by atoms with Crippen LogP contribution in [0.1, 0.15) is 29.2 Å². The van der Waals surface area contributed by atoms with Crippen LogP contribution in [-0.4, -0.2) is 24.2 Å². The Labute approximate surface area is 190 Å². The third-order valence-corrected chi connectivity index (χ3v) is 5.58. The summed E-state index contributed by atoms with van der Waals surface area (Å²) in [5, 5.41) is 4.05. The molecule has 31 heavy (non-hydrogen) atoms. The summed E-state index contributed by atoms with van der Waals surface area (Å²) in [7, 11) is 3.35. The van der Waals surface area contributed by atoms with E-state index < -0.39 is 0 Å². The predicted molar refractivity (Wildman–Crippen MR) is 132 cm³/mol. The maximum absolute atomic E-state index is 5.84. The smallest absolute Gasteiger partial charge is 0.174 e. The van der Waals surface area contributed by atoms with E-state index in [1.54, 1.807) is 14.2 Å². The monoisotopic (exact) mass is 434 g/mol. The fraction of sp³-hybridized carbons (Fsp3) is 0.269. The van der Waals surface area contributed by atoms with Crippen LogP contribution in [0.5, 0.6) is 11.5 Å². The van der Waals surface area contributed by atoms with Crippen molar-refractivity contribution in [2.45, 2.75) is 33.4 Å². The molecular formula is C26H30N2O2S. The summed E-state index contributed by atoms with van der Waals surface area (Å²) in [5.74, 6) is 1.61. The molecule has 0 heterocycles. The number of aryl methyl sites for hydroxylation is 2. The quantitative estimate of drug-likeness (QED) is 0.442. The van der Waals surface area contributed by atoms with Gasteiger partial charge in [-0.05, 0) is 72.1 Å². The lowest BCUT2D eigenvalue weighted by Gasteiger charge is -2.27. The molecule has 0 radical (unpaired) electrons. The van der Waals surface area contributed by atoms with Gasteiger partial charge in [0, 0.05) is 13.1 Å². The Morgan fingerprint density at radius 3 is 1.97 bits per heavy atom. The van der Waals surface area contributed by atoms with Gasteiger partial charge in [0.2, 0.25) is 0 Å². The number of methoxy groups -OCH3 is 2. The zero-order valence-electron chi connectivity index (χ0n) is 18.6. The fourth-order valence-corrected chi connectivity index (χ4v) is 3.60. The highest BCUT2D eigenvalue weighted by Gasteiger charge is 2.14. The first-order valence-electron chi connectivity index (χ1n) is 10.4. The molecule has 0 saturated heterocycles. The second-order valence-electron chi connectivity index (χ2n) is 7.51. The number of anilines is 1. The first-order chi connectivity index (χ1) is 15.0. The van der Waals surface area contributed by atoms with E-state index >= 15 is 0 Å². The first-order valence-corrected chi connectivity index (χ1v) is 10.8. The van der Waals surface area contributed by atoms with Crippen LogP contribution in [0.15, 0.2) is 66.7 Å². The number of nitrogens with one attached hydrogen (secondary N) is 1. The summed E-state index contributed by atoms with van der Waals surface area (Å²) in [6.45, 7) is 5.60. The van der Waals surface area contributed by atoms with Crippen LogP contribution in [0, 0.1) is 6.92 Å². The fourth-order valence-electron chi connectivity index (χ4n) is 3.37.